The number of nitro benzene ring substituents is 1. The molecule has 2 N–H and O–H groups in total. The number of rotatable bonds is 4. The van der Waals surface area contributed by atoms with Gasteiger partial charge < -0.3 is 10.4 Å². The Morgan fingerprint density at radius 3 is 2.62 bits per heavy atom. The first-order chi connectivity index (χ1) is 10.0. The van der Waals surface area contributed by atoms with Crippen LogP contribution in [0.25, 0.3) is 0 Å². The first-order valence-corrected chi connectivity index (χ1v) is 6.35. The van der Waals surface area contributed by atoms with Gasteiger partial charge in [-0.05, 0) is 12.1 Å². The lowest BCUT2D eigenvalue weighted by Crippen LogP contribution is -2.15. The molecule has 0 saturated carbocycles. The molecule has 0 aromatic heterocycles. The van der Waals surface area contributed by atoms with E-state index in [4.69, 9.17) is 11.6 Å². The molecule has 0 aliphatic carbocycles. The van der Waals surface area contributed by atoms with E-state index >= 15 is 0 Å². The molecule has 6 nitrogen and oxygen atoms in total. The minimum absolute atomic E-state index is 0.0109. The summed E-state index contributed by atoms with van der Waals surface area (Å²) in [5.74, 6) is -0.701. The van der Waals surface area contributed by atoms with Crippen molar-refractivity contribution in [3.8, 4) is 0 Å². The lowest BCUT2D eigenvalue weighted by Gasteiger charge is -2.10. The van der Waals surface area contributed by atoms with Crippen LogP contribution in [0.15, 0.2) is 42.5 Å². The molecule has 0 spiro atoms. The second kappa shape index (κ2) is 6.34. The summed E-state index contributed by atoms with van der Waals surface area (Å²) in [6, 6.07) is 10.6. The van der Waals surface area contributed by atoms with Crippen molar-refractivity contribution in [2.75, 3.05) is 5.32 Å². The third-order valence-corrected chi connectivity index (χ3v) is 3.17. The van der Waals surface area contributed by atoms with Crippen molar-refractivity contribution in [1.82, 2.24) is 0 Å². The normalized spacial score (nSPS) is 10.2. The summed E-state index contributed by atoms with van der Waals surface area (Å²) >= 11 is 5.89. The lowest BCUT2D eigenvalue weighted by atomic mass is 10.1. The minimum atomic E-state index is -0.701. The van der Waals surface area contributed by atoms with Crippen molar-refractivity contribution in [1.29, 1.82) is 0 Å². The van der Waals surface area contributed by atoms with E-state index in [2.05, 4.69) is 5.32 Å². The number of amides is 1. The van der Waals surface area contributed by atoms with E-state index in [0.29, 0.717) is 11.3 Å². The van der Waals surface area contributed by atoms with E-state index in [-0.39, 0.29) is 22.9 Å². The fourth-order valence-electron chi connectivity index (χ4n) is 1.85. The van der Waals surface area contributed by atoms with Crippen LogP contribution in [0.3, 0.4) is 0 Å². The van der Waals surface area contributed by atoms with Crippen LogP contribution in [0.1, 0.15) is 15.9 Å². The summed E-state index contributed by atoms with van der Waals surface area (Å²) in [6.07, 6.45) is 0. The molecule has 0 bridgehead atoms. The number of carbonyl (C=O) groups excluding carboxylic acids is 1. The predicted molar refractivity (Wildman–Crippen MR) is 78.4 cm³/mol. The molecule has 1 amide bonds. The molecule has 2 rings (SSSR count). The summed E-state index contributed by atoms with van der Waals surface area (Å²) in [6.45, 7) is -0.263. The zero-order valence-corrected chi connectivity index (χ0v) is 11.5. The summed E-state index contributed by atoms with van der Waals surface area (Å²) in [7, 11) is 0. The van der Waals surface area contributed by atoms with Crippen LogP contribution in [-0.2, 0) is 6.61 Å². The Kier molecular flexibility index (Phi) is 4.52. The second-order valence-electron chi connectivity index (χ2n) is 4.16. The van der Waals surface area contributed by atoms with E-state index < -0.39 is 10.8 Å². The molecule has 0 saturated heterocycles. The molecule has 21 heavy (non-hydrogen) atoms. The number of hydrogen-bond acceptors (Lipinski definition) is 4. The molecule has 0 aliphatic heterocycles. The summed E-state index contributed by atoms with van der Waals surface area (Å²) in [4.78, 5) is 22.6. The van der Waals surface area contributed by atoms with Crippen molar-refractivity contribution in [3.63, 3.8) is 0 Å². The van der Waals surface area contributed by atoms with Gasteiger partial charge in [-0.25, -0.2) is 0 Å². The summed E-state index contributed by atoms with van der Waals surface area (Å²) < 4.78 is 0. The van der Waals surface area contributed by atoms with E-state index in [1.807, 2.05) is 0 Å². The molecule has 0 aliphatic rings. The van der Waals surface area contributed by atoms with Gasteiger partial charge in [-0.15, -0.1) is 0 Å². The maximum atomic E-state index is 12.2. The van der Waals surface area contributed by atoms with Gasteiger partial charge >= 0.3 is 0 Å². The number of para-hydroxylation sites is 1. The van der Waals surface area contributed by atoms with Crippen molar-refractivity contribution < 1.29 is 14.8 Å². The molecule has 0 heterocycles. The smallest absolute Gasteiger partial charge is 0.283 e. The molecule has 0 unspecified atom stereocenters. The number of aliphatic hydroxyl groups is 1. The predicted octanol–water partition coefficient (Wildman–Crippen LogP) is 2.99. The standard InChI is InChI=1S/C14H11ClN2O4/c15-10-5-3-7-12(17(20)21)13(10)14(19)16-11-6-2-1-4-9(11)8-18/h1-7,18H,8H2,(H,16,19). The van der Waals surface area contributed by atoms with Crippen molar-refractivity contribution >= 4 is 28.9 Å². The zero-order valence-electron chi connectivity index (χ0n) is 10.7. The molecular weight excluding hydrogens is 296 g/mol. The molecule has 7 heteroatoms. The van der Waals surface area contributed by atoms with Gasteiger partial charge in [-0.2, -0.15) is 0 Å². The number of nitrogens with one attached hydrogen (secondary N) is 1. The largest absolute Gasteiger partial charge is 0.392 e. The zero-order chi connectivity index (χ0) is 15.4. The summed E-state index contributed by atoms with van der Waals surface area (Å²) in [5, 5.41) is 22.7. The number of hydrogen-bond donors (Lipinski definition) is 2. The number of anilines is 1. The van der Waals surface area contributed by atoms with Gasteiger partial charge in [0.25, 0.3) is 11.6 Å². The fraction of sp³-hybridized carbons (Fsp3) is 0.0714. The Hall–Kier alpha value is -2.44. The van der Waals surface area contributed by atoms with Gasteiger partial charge in [0.1, 0.15) is 5.56 Å². The van der Waals surface area contributed by atoms with E-state index in [1.54, 1.807) is 24.3 Å². The minimum Gasteiger partial charge on any atom is -0.392 e. The average Bonchev–Trinajstić information content (AvgIpc) is 2.47. The molecule has 0 atom stereocenters. The van der Waals surface area contributed by atoms with Gasteiger partial charge in [-0.3, -0.25) is 14.9 Å². The van der Waals surface area contributed by atoms with Gasteiger partial charge in [-0.1, -0.05) is 35.9 Å². The van der Waals surface area contributed by atoms with Crippen LogP contribution in [0.5, 0.6) is 0 Å². The highest BCUT2D eigenvalue weighted by atomic mass is 35.5. The van der Waals surface area contributed by atoms with Crippen LogP contribution in [0, 0.1) is 10.1 Å². The highest BCUT2D eigenvalue weighted by Crippen LogP contribution is 2.27. The monoisotopic (exact) mass is 306 g/mol. The Balaban J connectivity index is 2.39. The Bertz CT molecular complexity index is 703. The molecule has 0 fully saturated rings. The highest BCUT2D eigenvalue weighted by molar-refractivity contribution is 6.35. The van der Waals surface area contributed by atoms with Gasteiger partial charge in [0, 0.05) is 17.3 Å². The van der Waals surface area contributed by atoms with Gasteiger partial charge in [0.2, 0.25) is 0 Å². The highest BCUT2D eigenvalue weighted by Gasteiger charge is 2.23. The molecule has 2 aromatic rings. The molecular formula is C14H11ClN2O4. The maximum Gasteiger partial charge on any atom is 0.283 e. The molecule has 108 valence electrons. The Morgan fingerprint density at radius 1 is 1.24 bits per heavy atom. The second-order valence-corrected chi connectivity index (χ2v) is 4.57. The van der Waals surface area contributed by atoms with Gasteiger partial charge in [0.05, 0.1) is 16.6 Å². The van der Waals surface area contributed by atoms with Crippen molar-refractivity contribution in [2.45, 2.75) is 6.61 Å². The summed E-state index contributed by atoms with van der Waals surface area (Å²) in [5.41, 5.74) is 0.290. The van der Waals surface area contributed by atoms with Gasteiger partial charge in [0.15, 0.2) is 0 Å². The van der Waals surface area contributed by atoms with Crippen LogP contribution in [0.4, 0.5) is 11.4 Å². The van der Waals surface area contributed by atoms with E-state index in [1.165, 1.54) is 18.2 Å². The fourth-order valence-corrected chi connectivity index (χ4v) is 2.11. The third kappa shape index (κ3) is 3.18. The molecule has 2 aromatic carbocycles. The number of carbonyl (C=O) groups is 1. The average molecular weight is 307 g/mol. The number of benzene rings is 2. The topological polar surface area (TPSA) is 92.5 Å². The third-order valence-electron chi connectivity index (χ3n) is 2.85. The van der Waals surface area contributed by atoms with E-state index in [0.717, 1.165) is 0 Å². The number of nitrogens with zero attached hydrogens (tertiary/aromatic N) is 1. The number of aliphatic hydroxyl groups excluding tert-OH is 1. The van der Waals surface area contributed by atoms with Crippen LogP contribution >= 0.6 is 11.6 Å². The maximum absolute atomic E-state index is 12.2. The quantitative estimate of drug-likeness (QED) is 0.671. The number of halogens is 1. The van der Waals surface area contributed by atoms with Crippen LogP contribution in [0.2, 0.25) is 5.02 Å². The van der Waals surface area contributed by atoms with Crippen LogP contribution < -0.4 is 5.32 Å². The Labute approximate surface area is 125 Å². The molecule has 0 radical (unpaired) electrons. The number of nitro groups is 1. The van der Waals surface area contributed by atoms with E-state index in [9.17, 15) is 20.0 Å². The first kappa shape index (κ1) is 15.0. The first-order valence-electron chi connectivity index (χ1n) is 5.97. The SMILES string of the molecule is O=C(Nc1ccccc1CO)c1c(Cl)cccc1[N+](=O)[O-]. The lowest BCUT2D eigenvalue weighted by molar-refractivity contribution is -0.385. The Morgan fingerprint density at radius 2 is 1.95 bits per heavy atom. The van der Waals surface area contributed by atoms with Crippen molar-refractivity contribution in [2.24, 2.45) is 0 Å². The van der Waals surface area contributed by atoms with Crippen molar-refractivity contribution in [3.05, 3.63) is 68.7 Å². The van der Waals surface area contributed by atoms with Crippen LogP contribution in [-0.4, -0.2) is 15.9 Å².